The fourth-order valence-electron chi connectivity index (χ4n) is 3.42. The first-order valence-electron chi connectivity index (χ1n) is 9.16. The summed E-state index contributed by atoms with van der Waals surface area (Å²) in [5, 5.41) is 1.94. The van der Waals surface area contributed by atoms with Gasteiger partial charge in [-0.25, -0.2) is 0 Å². The molecule has 0 aromatic heterocycles. The molecule has 5 nitrogen and oxygen atoms in total. The largest absolute Gasteiger partial charge is 0.400 e. The van der Waals surface area contributed by atoms with E-state index >= 15 is 0 Å². The third-order valence-electron chi connectivity index (χ3n) is 4.79. The molecular weight excluding hydrogens is 391 g/mol. The van der Waals surface area contributed by atoms with Crippen molar-refractivity contribution in [2.24, 2.45) is 0 Å². The number of rotatable bonds is 9. The fourth-order valence-corrected chi connectivity index (χ4v) is 8.88. The van der Waals surface area contributed by atoms with Gasteiger partial charge in [0.05, 0.1) is 6.61 Å². The zero-order chi connectivity index (χ0) is 20.8. The number of hydrogen-bond donors (Lipinski definition) is 0. The van der Waals surface area contributed by atoms with Crippen molar-refractivity contribution in [3.63, 3.8) is 0 Å². The first-order valence-corrected chi connectivity index (χ1v) is 12.8. The topological polar surface area (TPSA) is 61.8 Å². The van der Waals surface area contributed by atoms with Crippen LogP contribution in [0.2, 0.25) is 5.04 Å². The van der Waals surface area contributed by atoms with E-state index in [0.717, 1.165) is 10.4 Å². The third kappa shape index (κ3) is 4.88. The van der Waals surface area contributed by atoms with Crippen molar-refractivity contribution in [2.45, 2.75) is 25.8 Å². The Hall–Kier alpha value is -1.56. The fraction of sp³-hybridized carbons (Fsp3) is 0.381. The van der Waals surface area contributed by atoms with E-state index in [2.05, 4.69) is 45.0 Å². The van der Waals surface area contributed by atoms with E-state index in [1.165, 1.54) is 14.2 Å². The summed E-state index contributed by atoms with van der Waals surface area (Å²) in [6.07, 6.45) is -0.307. The van der Waals surface area contributed by atoms with Crippen molar-refractivity contribution in [3.8, 4) is 0 Å². The Balaban J connectivity index is 2.45. The molecule has 2 rings (SSSR count). The maximum absolute atomic E-state index is 12.6. The summed E-state index contributed by atoms with van der Waals surface area (Å²) in [7, 11) is -3.66. The van der Waals surface area contributed by atoms with E-state index in [-0.39, 0.29) is 23.6 Å². The van der Waals surface area contributed by atoms with E-state index < -0.39 is 15.9 Å². The molecule has 0 heterocycles. The summed E-state index contributed by atoms with van der Waals surface area (Å²) < 4.78 is 28.6. The van der Waals surface area contributed by atoms with Crippen LogP contribution in [0.25, 0.3) is 0 Å². The molecule has 0 N–H and O–H groups in total. The predicted octanol–water partition coefficient (Wildman–Crippen LogP) is 3.62. The number of Topliss-reactive ketones (excluding diaryl/α,β-unsaturated/α-hetero) is 1. The first kappa shape index (κ1) is 22.7. The van der Waals surface area contributed by atoms with Crippen molar-refractivity contribution in [2.75, 3.05) is 27.0 Å². The summed E-state index contributed by atoms with van der Waals surface area (Å²) in [6.45, 7) is 6.26. The van der Waals surface area contributed by atoms with Crippen molar-refractivity contribution in [3.05, 3.63) is 60.7 Å². The van der Waals surface area contributed by atoms with Crippen LogP contribution in [0.1, 0.15) is 20.8 Å². The Morgan fingerprint density at radius 3 is 1.68 bits per heavy atom. The van der Waals surface area contributed by atoms with Crippen molar-refractivity contribution in [1.29, 1.82) is 0 Å². The molecule has 0 radical (unpaired) electrons. The van der Waals surface area contributed by atoms with Crippen molar-refractivity contribution in [1.82, 2.24) is 0 Å². The highest BCUT2D eigenvalue weighted by molar-refractivity contribution is 7.54. The number of carbonyl (C=O) groups excluding carboxylic acids is 1. The van der Waals surface area contributed by atoms with Crippen molar-refractivity contribution >= 4 is 32.1 Å². The van der Waals surface area contributed by atoms with Crippen LogP contribution in [-0.2, 0) is 22.8 Å². The van der Waals surface area contributed by atoms with Crippen molar-refractivity contribution < 1.29 is 22.8 Å². The summed E-state index contributed by atoms with van der Waals surface area (Å²) in [5.74, 6) is -0.306. The van der Waals surface area contributed by atoms with Gasteiger partial charge in [-0.05, 0) is 15.4 Å². The highest BCUT2D eigenvalue weighted by Gasteiger charge is 2.50. The van der Waals surface area contributed by atoms with Gasteiger partial charge in [0, 0.05) is 14.2 Å². The van der Waals surface area contributed by atoms with Gasteiger partial charge in [0.2, 0.25) is 0 Å². The molecule has 0 spiro atoms. The summed E-state index contributed by atoms with van der Waals surface area (Å²) in [5.41, 5.74) is 0. The van der Waals surface area contributed by atoms with Crippen LogP contribution in [0, 0.1) is 0 Å². The molecule has 28 heavy (non-hydrogen) atoms. The zero-order valence-corrected chi connectivity index (χ0v) is 19.1. The van der Waals surface area contributed by atoms with E-state index in [0.29, 0.717) is 0 Å². The number of hydrogen-bond acceptors (Lipinski definition) is 5. The lowest BCUT2D eigenvalue weighted by Gasteiger charge is -2.42. The monoisotopic (exact) mass is 420 g/mol. The highest BCUT2D eigenvalue weighted by atomic mass is 31.2. The molecule has 0 unspecified atom stereocenters. The molecule has 0 saturated heterocycles. The molecule has 0 aliphatic carbocycles. The van der Waals surface area contributed by atoms with Gasteiger partial charge in [-0.1, -0.05) is 81.4 Å². The molecule has 0 atom stereocenters. The molecule has 7 heteroatoms. The van der Waals surface area contributed by atoms with E-state index in [1.54, 1.807) is 0 Å². The Kier molecular flexibility index (Phi) is 7.54. The zero-order valence-electron chi connectivity index (χ0n) is 17.2. The average molecular weight is 421 g/mol. The van der Waals surface area contributed by atoms with E-state index in [9.17, 15) is 9.36 Å². The minimum Gasteiger partial charge on any atom is -0.400 e. The van der Waals surface area contributed by atoms with Crippen LogP contribution in [0.5, 0.6) is 0 Å². The second-order valence-corrected chi connectivity index (χ2v) is 14.2. The Morgan fingerprint density at radius 1 is 0.893 bits per heavy atom. The smallest absolute Gasteiger partial charge is 0.337 e. The van der Waals surface area contributed by atoms with Gasteiger partial charge in [-0.2, -0.15) is 0 Å². The normalized spacial score (nSPS) is 12.8. The second kappa shape index (κ2) is 9.29. The lowest BCUT2D eigenvalue weighted by atomic mass is 10.2. The molecule has 2 aromatic carbocycles. The minimum atomic E-state index is -3.42. The van der Waals surface area contributed by atoms with Gasteiger partial charge in [-0.15, -0.1) is 0 Å². The van der Waals surface area contributed by atoms with Gasteiger partial charge in [-0.3, -0.25) is 9.36 Å². The van der Waals surface area contributed by atoms with Crippen LogP contribution in [0.3, 0.4) is 0 Å². The summed E-state index contributed by atoms with van der Waals surface area (Å²) in [4.78, 5) is 12.6. The Morgan fingerprint density at radius 2 is 1.32 bits per heavy atom. The molecule has 0 aliphatic heterocycles. The molecule has 0 fully saturated rings. The number of ketones is 1. The molecule has 2 aromatic rings. The molecule has 0 aliphatic rings. The van der Waals surface area contributed by atoms with Gasteiger partial charge in [0.15, 0.2) is 5.78 Å². The number of carbonyl (C=O) groups is 1. The molecule has 152 valence electrons. The van der Waals surface area contributed by atoms with E-state index in [4.69, 9.17) is 13.5 Å². The molecular formula is C21H29O5PSi. The highest BCUT2D eigenvalue weighted by Crippen LogP contribution is 2.46. The minimum absolute atomic E-state index is 0.149. The first-order chi connectivity index (χ1) is 13.2. The van der Waals surface area contributed by atoms with Gasteiger partial charge >= 0.3 is 7.60 Å². The summed E-state index contributed by atoms with van der Waals surface area (Å²) >= 11 is 0. The van der Waals surface area contributed by atoms with Crippen LogP contribution in [0.15, 0.2) is 60.7 Å². The quantitative estimate of drug-likeness (QED) is 0.458. The van der Waals surface area contributed by atoms with Gasteiger partial charge in [0.25, 0.3) is 8.32 Å². The maximum Gasteiger partial charge on any atom is 0.337 e. The van der Waals surface area contributed by atoms with Crippen LogP contribution in [-0.4, -0.2) is 41.1 Å². The second-order valence-electron chi connectivity index (χ2n) is 7.62. The maximum atomic E-state index is 12.6. The van der Waals surface area contributed by atoms with Crippen LogP contribution in [0.4, 0.5) is 0 Å². The van der Waals surface area contributed by atoms with Crippen LogP contribution < -0.4 is 10.4 Å². The average Bonchev–Trinajstić information content (AvgIpc) is 2.69. The van der Waals surface area contributed by atoms with Crippen LogP contribution >= 0.6 is 7.60 Å². The molecule has 0 amide bonds. The van der Waals surface area contributed by atoms with Gasteiger partial charge < -0.3 is 13.5 Å². The lowest BCUT2D eigenvalue weighted by molar-refractivity contribution is -0.119. The molecule has 0 bridgehead atoms. The lowest BCUT2D eigenvalue weighted by Crippen LogP contribution is -2.67. The number of benzene rings is 2. The SMILES string of the molecule is COP(=O)(CC(=O)CO[Si](c1ccccc1)(c1ccccc1)C(C)(C)C)OC. The third-order valence-corrected chi connectivity index (χ3v) is 11.6. The standard InChI is InChI=1S/C21H29O5PSi/c1-21(2,3)28(19-12-8-6-9-13-19,20-14-10-7-11-15-20)26-16-18(22)17-27(23,24-4)25-5/h6-15H,16-17H2,1-5H3. The molecule has 0 saturated carbocycles. The summed E-state index contributed by atoms with van der Waals surface area (Å²) in [6, 6.07) is 20.1. The Bertz CT molecular complexity index is 770. The predicted molar refractivity (Wildman–Crippen MR) is 115 cm³/mol. The Labute approximate surface area is 168 Å². The van der Waals surface area contributed by atoms with E-state index in [1.807, 2.05) is 36.4 Å². The van der Waals surface area contributed by atoms with Gasteiger partial charge in [0.1, 0.15) is 6.16 Å².